The van der Waals surface area contributed by atoms with Gasteiger partial charge in [0.2, 0.25) is 0 Å². The minimum atomic E-state index is 0.263. The normalized spacial score (nSPS) is 24.4. The Bertz CT molecular complexity index is 597. The molecule has 20 heavy (non-hydrogen) atoms. The van der Waals surface area contributed by atoms with Gasteiger partial charge in [-0.3, -0.25) is 0 Å². The molecule has 1 aliphatic rings. The summed E-state index contributed by atoms with van der Waals surface area (Å²) >= 11 is 5.49. The maximum Gasteiger partial charge on any atom is 0.134 e. The second-order valence-corrected chi connectivity index (χ2v) is 7.52. The average Bonchev–Trinajstić information content (AvgIpc) is 3.04. The molecule has 0 saturated heterocycles. The first-order chi connectivity index (χ1) is 9.67. The van der Waals surface area contributed by atoms with Crippen molar-refractivity contribution in [2.24, 2.45) is 0 Å². The molecule has 3 rings (SSSR count). The van der Waals surface area contributed by atoms with Gasteiger partial charge in [-0.2, -0.15) is 11.8 Å². The van der Waals surface area contributed by atoms with Crippen LogP contribution >= 0.6 is 27.7 Å². The zero-order valence-corrected chi connectivity index (χ0v) is 14.3. The SMILES string of the molecule is CSC1CCCC1NC(C)c1cc2cc(Br)ccc2o1. The van der Waals surface area contributed by atoms with Gasteiger partial charge in [-0.05, 0) is 50.3 Å². The molecular weight excluding hydrogens is 334 g/mol. The van der Waals surface area contributed by atoms with Crippen LogP contribution in [0.1, 0.15) is 38.0 Å². The van der Waals surface area contributed by atoms with Crippen LogP contribution in [-0.2, 0) is 0 Å². The predicted molar refractivity (Wildman–Crippen MR) is 90.4 cm³/mol. The lowest BCUT2D eigenvalue weighted by atomic mass is 10.1. The third-order valence-electron chi connectivity index (χ3n) is 4.14. The zero-order chi connectivity index (χ0) is 14.1. The van der Waals surface area contributed by atoms with Gasteiger partial charge in [-0.15, -0.1) is 0 Å². The minimum absolute atomic E-state index is 0.263. The Morgan fingerprint density at radius 1 is 1.35 bits per heavy atom. The van der Waals surface area contributed by atoms with Crippen LogP contribution < -0.4 is 5.32 Å². The highest BCUT2D eigenvalue weighted by atomic mass is 79.9. The average molecular weight is 354 g/mol. The van der Waals surface area contributed by atoms with Crippen molar-refractivity contribution in [2.75, 3.05) is 6.26 Å². The Morgan fingerprint density at radius 3 is 3.00 bits per heavy atom. The lowest BCUT2D eigenvalue weighted by molar-refractivity contribution is 0.405. The van der Waals surface area contributed by atoms with Gasteiger partial charge in [-0.1, -0.05) is 22.4 Å². The highest BCUT2D eigenvalue weighted by Crippen LogP contribution is 2.31. The standard InChI is InChI=1S/C16H20BrNOS/c1-10(18-13-4-3-5-16(13)20-2)15-9-11-8-12(17)6-7-14(11)19-15/h6-10,13,16,18H,3-5H2,1-2H3. The number of fused-ring (bicyclic) bond motifs is 1. The second-order valence-electron chi connectivity index (χ2n) is 5.53. The first-order valence-electron chi connectivity index (χ1n) is 7.15. The zero-order valence-electron chi connectivity index (χ0n) is 11.9. The number of furan rings is 1. The van der Waals surface area contributed by atoms with Crippen molar-refractivity contribution in [3.05, 3.63) is 34.5 Å². The number of hydrogen-bond acceptors (Lipinski definition) is 3. The van der Waals surface area contributed by atoms with Crippen molar-refractivity contribution in [1.29, 1.82) is 0 Å². The van der Waals surface area contributed by atoms with E-state index in [1.54, 1.807) is 0 Å². The van der Waals surface area contributed by atoms with Gasteiger partial charge in [-0.25, -0.2) is 0 Å². The lowest BCUT2D eigenvalue weighted by Crippen LogP contribution is -2.35. The molecule has 1 aromatic heterocycles. The molecule has 2 aromatic rings. The van der Waals surface area contributed by atoms with E-state index in [1.807, 2.05) is 23.9 Å². The molecule has 0 radical (unpaired) electrons. The van der Waals surface area contributed by atoms with Crippen LogP contribution in [0.4, 0.5) is 0 Å². The molecule has 3 unspecified atom stereocenters. The van der Waals surface area contributed by atoms with Crippen molar-refractivity contribution in [1.82, 2.24) is 5.32 Å². The third-order valence-corrected chi connectivity index (χ3v) is 5.81. The number of thioether (sulfide) groups is 1. The molecule has 1 heterocycles. The summed E-state index contributed by atoms with van der Waals surface area (Å²) in [6.45, 7) is 2.20. The molecule has 1 aliphatic carbocycles. The summed E-state index contributed by atoms with van der Waals surface area (Å²) < 4.78 is 7.07. The van der Waals surface area contributed by atoms with E-state index >= 15 is 0 Å². The van der Waals surface area contributed by atoms with E-state index in [9.17, 15) is 0 Å². The molecule has 1 N–H and O–H groups in total. The summed E-state index contributed by atoms with van der Waals surface area (Å²) in [6.07, 6.45) is 6.16. The molecule has 0 aliphatic heterocycles. The van der Waals surface area contributed by atoms with Crippen molar-refractivity contribution in [3.63, 3.8) is 0 Å². The summed E-state index contributed by atoms with van der Waals surface area (Å²) in [5.74, 6) is 1.03. The van der Waals surface area contributed by atoms with Gasteiger partial charge in [0.15, 0.2) is 0 Å². The molecule has 4 heteroatoms. The number of nitrogens with one attached hydrogen (secondary N) is 1. The lowest BCUT2D eigenvalue weighted by Gasteiger charge is -2.22. The summed E-state index contributed by atoms with van der Waals surface area (Å²) in [6, 6.07) is 9.18. The van der Waals surface area contributed by atoms with E-state index in [1.165, 1.54) is 19.3 Å². The number of hydrogen-bond donors (Lipinski definition) is 1. The summed E-state index contributed by atoms with van der Waals surface area (Å²) in [4.78, 5) is 0. The van der Waals surface area contributed by atoms with E-state index in [-0.39, 0.29) is 6.04 Å². The summed E-state index contributed by atoms with van der Waals surface area (Å²) in [7, 11) is 0. The summed E-state index contributed by atoms with van der Waals surface area (Å²) in [5.41, 5.74) is 0.963. The van der Waals surface area contributed by atoms with Gasteiger partial charge in [0, 0.05) is 21.2 Å². The van der Waals surface area contributed by atoms with Crippen molar-refractivity contribution >= 4 is 38.7 Å². The van der Waals surface area contributed by atoms with Crippen molar-refractivity contribution < 1.29 is 4.42 Å². The molecule has 108 valence electrons. The molecule has 0 spiro atoms. The van der Waals surface area contributed by atoms with Crippen LogP contribution in [0, 0.1) is 0 Å². The first-order valence-corrected chi connectivity index (χ1v) is 9.23. The van der Waals surface area contributed by atoms with Gasteiger partial charge < -0.3 is 9.73 Å². The molecule has 2 nitrogen and oxygen atoms in total. The monoisotopic (exact) mass is 353 g/mol. The second kappa shape index (κ2) is 6.12. The Balaban J connectivity index is 1.76. The van der Waals surface area contributed by atoms with Gasteiger partial charge >= 0.3 is 0 Å². The molecule has 1 aromatic carbocycles. The van der Waals surface area contributed by atoms with Crippen LogP contribution in [0.25, 0.3) is 11.0 Å². The highest BCUT2D eigenvalue weighted by Gasteiger charge is 2.28. The van der Waals surface area contributed by atoms with Crippen LogP contribution in [0.5, 0.6) is 0 Å². The fourth-order valence-electron chi connectivity index (χ4n) is 3.05. The molecule has 3 atom stereocenters. The van der Waals surface area contributed by atoms with Gasteiger partial charge in [0.25, 0.3) is 0 Å². The summed E-state index contributed by atoms with van der Waals surface area (Å²) in [5, 5.41) is 5.65. The molecular formula is C16H20BrNOS. The van der Waals surface area contributed by atoms with Crippen LogP contribution in [0.2, 0.25) is 0 Å². The number of halogens is 1. The third kappa shape index (κ3) is 2.92. The maximum absolute atomic E-state index is 5.97. The van der Waals surface area contributed by atoms with Crippen LogP contribution in [0.3, 0.4) is 0 Å². The largest absolute Gasteiger partial charge is 0.459 e. The van der Waals surface area contributed by atoms with Crippen LogP contribution in [0.15, 0.2) is 33.2 Å². The molecule has 0 amide bonds. The number of rotatable bonds is 4. The quantitative estimate of drug-likeness (QED) is 0.824. The van der Waals surface area contributed by atoms with Crippen molar-refractivity contribution in [3.8, 4) is 0 Å². The topological polar surface area (TPSA) is 25.2 Å². The van der Waals surface area contributed by atoms with E-state index in [2.05, 4.69) is 46.6 Å². The molecule has 0 bridgehead atoms. The van der Waals surface area contributed by atoms with E-state index in [0.29, 0.717) is 6.04 Å². The Hall–Kier alpha value is -0.450. The van der Waals surface area contributed by atoms with Crippen molar-refractivity contribution in [2.45, 2.75) is 43.5 Å². The Kier molecular flexibility index (Phi) is 4.43. The molecule has 1 saturated carbocycles. The Morgan fingerprint density at radius 2 is 2.20 bits per heavy atom. The van der Waals surface area contributed by atoms with Gasteiger partial charge in [0.1, 0.15) is 11.3 Å². The maximum atomic E-state index is 5.97. The number of benzene rings is 1. The van der Waals surface area contributed by atoms with E-state index in [4.69, 9.17) is 4.42 Å². The van der Waals surface area contributed by atoms with E-state index < -0.39 is 0 Å². The van der Waals surface area contributed by atoms with Crippen LogP contribution in [-0.4, -0.2) is 17.5 Å². The van der Waals surface area contributed by atoms with Gasteiger partial charge in [0.05, 0.1) is 6.04 Å². The smallest absolute Gasteiger partial charge is 0.134 e. The highest BCUT2D eigenvalue weighted by molar-refractivity contribution is 9.10. The Labute approximate surface area is 132 Å². The minimum Gasteiger partial charge on any atom is -0.459 e. The fraction of sp³-hybridized carbons (Fsp3) is 0.500. The fourth-order valence-corrected chi connectivity index (χ4v) is 4.37. The molecule has 1 fully saturated rings. The van der Waals surface area contributed by atoms with E-state index in [0.717, 1.165) is 26.5 Å². The first kappa shape index (κ1) is 14.5. The predicted octanol–water partition coefficient (Wildman–Crippen LogP) is 5.13.